The van der Waals surface area contributed by atoms with Crippen molar-refractivity contribution in [2.24, 2.45) is 5.92 Å². The zero-order valence-electron chi connectivity index (χ0n) is 13.9. The Bertz CT molecular complexity index is 691. The van der Waals surface area contributed by atoms with Gasteiger partial charge in [-0.2, -0.15) is 0 Å². The molecule has 1 amide bonds. The van der Waals surface area contributed by atoms with Gasteiger partial charge in [-0.1, -0.05) is 25.1 Å². The number of carbonyl (C=O) groups is 1. The largest absolute Gasteiger partial charge is 0.461 e. The normalized spacial score (nSPS) is 21.8. The van der Waals surface area contributed by atoms with Crippen LogP contribution in [0.15, 0.2) is 28.7 Å². The van der Waals surface area contributed by atoms with E-state index in [0.717, 1.165) is 48.1 Å². The summed E-state index contributed by atoms with van der Waals surface area (Å²) in [5.41, 5.74) is 1.89. The lowest BCUT2D eigenvalue weighted by molar-refractivity contribution is -0.134. The van der Waals surface area contributed by atoms with Crippen molar-refractivity contribution < 1.29 is 14.3 Å². The first-order chi connectivity index (χ1) is 11.1. The highest BCUT2D eigenvalue weighted by atomic mass is 16.3. The van der Waals surface area contributed by atoms with Crippen LogP contribution in [0.1, 0.15) is 38.0 Å². The number of aryl methyl sites for hydroxylation is 1. The molecule has 1 fully saturated rings. The summed E-state index contributed by atoms with van der Waals surface area (Å²) in [4.78, 5) is 14.8. The van der Waals surface area contributed by atoms with Crippen LogP contribution in [-0.4, -0.2) is 35.1 Å². The molecule has 0 spiro atoms. The number of nitrogens with zero attached hydrogens (tertiary/aromatic N) is 1. The van der Waals surface area contributed by atoms with Crippen molar-refractivity contribution in [2.75, 3.05) is 13.2 Å². The average Bonchev–Trinajstić information content (AvgIpc) is 2.92. The van der Waals surface area contributed by atoms with E-state index in [0.29, 0.717) is 12.3 Å². The van der Waals surface area contributed by atoms with Gasteiger partial charge in [0.05, 0.1) is 6.42 Å². The fraction of sp³-hybridized carbons (Fsp3) is 0.526. The topological polar surface area (TPSA) is 53.7 Å². The Morgan fingerprint density at radius 3 is 2.87 bits per heavy atom. The molecule has 1 saturated heterocycles. The van der Waals surface area contributed by atoms with Crippen LogP contribution in [0.4, 0.5) is 0 Å². The Morgan fingerprint density at radius 2 is 2.17 bits per heavy atom. The summed E-state index contributed by atoms with van der Waals surface area (Å²) >= 11 is 0. The number of aliphatic hydroxyl groups is 1. The first-order valence-corrected chi connectivity index (χ1v) is 8.53. The van der Waals surface area contributed by atoms with E-state index < -0.39 is 0 Å². The maximum atomic E-state index is 12.8. The first-order valence-electron chi connectivity index (χ1n) is 8.53. The van der Waals surface area contributed by atoms with E-state index in [2.05, 4.69) is 13.8 Å². The lowest BCUT2D eigenvalue weighted by Gasteiger charge is -2.37. The van der Waals surface area contributed by atoms with E-state index in [1.54, 1.807) is 0 Å². The molecule has 4 heteroatoms. The number of likely N-dealkylation sites (tertiary alicyclic amines) is 1. The van der Waals surface area contributed by atoms with Gasteiger partial charge in [-0.25, -0.2) is 0 Å². The Labute approximate surface area is 137 Å². The second-order valence-electron chi connectivity index (χ2n) is 6.54. The van der Waals surface area contributed by atoms with E-state index in [9.17, 15) is 9.90 Å². The van der Waals surface area contributed by atoms with Crippen molar-refractivity contribution in [2.45, 2.75) is 45.6 Å². The molecule has 1 aliphatic rings. The number of rotatable bonds is 4. The summed E-state index contributed by atoms with van der Waals surface area (Å²) in [7, 11) is 0. The van der Waals surface area contributed by atoms with E-state index in [-0.39, 0.29) is 18.6 Å². The summed E-state index contributed by atoms with van der Waals surface area (Å²) in [6.07, 6.45) is 2.96. The molecule has 2 atom stereocenters. The predicted octanol–water partition coefficient (Wildman–Crippen LogP) is 3.16. The van der Waals surface area contributed by atoms with Crippen molar-refractivity contribution in [3.8, 4) is 0 Å². The molecule has 0 bridgehead atoms. The number of aliphatic hydroxyl groups excluding tert-OH is 1. The number of benzene rings is 1. The minimum Gasteiger partial charge on any atom is -0.461 e. The Kier molecular flexibility index (Phi) is 4.71. The second-order valence-corrected chi connectivity index (χ2v) is 6.54. The third kappa shape index (κ3) is 3.13. The third-order valence-electron chi connectivity index (χ3n) is 4.99. The van der Waals surface area contributed by atoms with Crippen molar-refractivity contribution in [1.29, 1.82) is 0 Å². The summed E-state index contributed by atoms with van der Waals surface area (Å²) < 4.78 is 5.89. The summed E-state index contributed by atoms with van der Waals surface area (Å²) in [5.74, 6) is 1.41. The van der Waals surface area contributed by atoms with E-state index in [4.69, 9.17) is 4.42 Å². The number of piperidine rings is 1. The van der Waals surface area contributed by atoms with E-state index >= 15 is 0 Å². The predicted molar refractivity (Wildman–Crippen MR) is 90.3 cm³/mol. The molecule has 1 aromatic heterocycles. The zero-order chi connectivity index (χ0) is 16.4. The third-order valence-corrected chi connectivity index (χ3v) is 4.99. The molecule has 0 aliphatic carbocycles. The minimum atomic E-state index is 0.162. The van der Waals surface area contributed by atoms with Gasteiger partial charge in [0.1, 0.15) is 11.3 Å². The highest BCUT2D eigenvalue weighted by molar-refractivity contribution is 5.88. The Morgan fingerprint density at radius 1 is 1.39 bits per heavy atom. The summed E-state index contributed by atoms with van der Waals surface area (Å²) in [6.45, 7) is 5.09. The smallest absolute Gasteiger partial charge is 0.227 e. The van der Waals surface area contributed by atoms with Crippen LogP contribution in [0.2, 0.25) is 0 Å². The fourth-order valence-corrected chi connectivity index (χ4v) is 3.69. The molecule has 0 radical (unpaired) electrons. The molecular weight excluding hydrogens is 290 g/mol. The van der Waals surface area contributed by atoms with Gasteiger partial charge >= 0.3 is 0 Å². The minimum absolute atomic E-state index is 0.162. The summed E-state index contributed by atoms with van der Waals surface area (Å²) in [6, 6.07) is 8.12. The van der Waals surface area contributed by atoms with Crippen LogP contribution in [0.3, 0.4) is 0 Å². The number of carbonyl (C=O) groups excluding carboxylic acids is 1. The highest BCUT2D eigenvalue weighted by Gasteiger charge is 2.29. The molecule has 124 valence electrons. The summed E-state index contributed by atoms with van der Waals surface area (Å²) in [5, 5.41) is 10.4. The maximum absolute atomic E-state index is 12.8. The number of amides is 1. The molecule has 2 heterocycles. The van der Waals surface area contributed by atoms with Crippen molar-refractivity contribution in [3.05, 3.63) is 35.6 Å². The molecule has 1 aliphatic heterocycles. The number of hydrogen-bond acceptors (Lipinski definition) is 3. The standard InChI is InChI=1S/C19H25NO3/c1-3-17-16(15-6-4-5-7-18(15)23-17)11-19(22)20-9-8-14(12-21)10-13(20)2/h4-7,13-14,21H,3,8-12H2,1-2H3/t13-,14-/m1/s1. The molecule has 2 aromatic rings. The fourth-order valence-electron chi connectivity index (χ4n) is 3.69. The van der Waals surface area contributed by atoms with Gasteiger partial charge in [0.2, 0.25) is 5.91 Å². The zero-order valence-corrected chi connectivity index (χ0v) is 13.9. The molecule has 0 saturated carbocycles. The highest BCUT2D eigenvalue weighted by Crippen LogP contribution is 2.29. The van der Waals surface area contributed by atoms with Crippen molar-refractivity contribution in [3.63, 3.8) is 0 Å². The molecular formula is C19H25NO3. The van der Waals surface area contributed by atoms with Crippen LogP contribution in [0, 0.1) is 5.92 Å². The molecule has 23 heavy (non-hydrogen) atoms. The Balaban J connectivity index is 1.80. The average molecular weight is 315 g/mol. The molecule has 1 N–H and O–H groups in total. The van der Waals surface area contributed by atoms with Crippen LogP contribution in [0.5, 0.6) is 0 Å². The van der Waals surface area contributed by atoms with Crippen LogP contribution < -0.4 is 0 Å². The SMILES string of the molecule is CCc1oc2ccccc2c1CC(=O)N1CC[C@@H](CO)C[C@H]1C. The van der Waals surface area contributed by atoms with Gasteiger partial charge in [0, 0.05) is 36.6 Å². The lowest BCUT2D eigenvalue weighted by Crippen LogP contribution is -2.45. The molecule has 0 unspecified atom stereocenters. The van der Waals surface area contributed by atoms with E-state index in [1.165, 1.54) is 0 Å². The number of fused-ring (bicyclic) bond motifs is 1. The first kappa shape index (κ1) is 16.1. The van der Waals surface area contributed by atoms with Crippen LogP contribution in [0.25, 0.3) is 11.0 Å². The lowest BCUT2D eigenvalue weighted by atomic mass is 9.91. The number of furan rings is 1. The van der Waals surface area contributed by atoms with Gasteiger partial charge < -0.3 is 14.4 Å². The van der Waals surface area contributed by atoms with Crippen LogP contribution in [-0.2, 0) is 17.6 Å². The van der Waals surface area contributed by atoms with Gasteiger partial charge in [-0.3, -0.25) is 4.79 Å². The van der Waals surface area contributed by atoms with E-state index in [1.807, 2.05) is 29.2 Å². The van der Waals surface area contributed by atoms with Crippen LogP contribution >= 0.6 is 0 Å². The number of para-hydroxylation sites is 1. The second kappa shape index (κ2) is 6.75. The van der Waals surface area contributed by atoms with Gasteiger partial charge in [-0.05, 0) is 31.7 Å². The van der Waals surface area contributed by atoms with Gasteiger partial charge in [0.25, 0.3) is 0 Å². The molecule has 3 rings (SSSR count). The quantitative estimate of drug-likeness (QED) is 0.943. The maximum Gasteiger partial charge on any atom is 0.227 e. The molecule has 1 aromatic carbocycles. The van der Waals surface area contributed by atoms with Crippen molar-refractivity contribution >= 4 is 16.9 Å². The van der Waals surface area contributed by atoms with Gasteiger partial charge in [0.15, 0.2) is 0 Å². The Hall–Kier alpha value is -1.81. The monoisotopic (exact) mass is 315 g/mol. The van der Waals surface area contributed by atoms with Gasteiger partial charge in [-0.15, -0.1) is 0 Å². The van der Waals surface area contributed by atoms with Crippen molar-refractivity contribution in [1.82, 2.24) is 4.90 Å². The molecule has 4 nitrogen and oxygen atoms in total. The number of hydrogen-bond donors (Lipinski definition) is 1.